The van der Waals surface area contributed by atoms with Crippen molar-refractivity contribution in [1.82, 2.24) is 19.8 Å². The second-order valence-corrected chi connectivity index (χ2v) is 5.23. The summed E-state index contributed by atoms with van der Waals surface area (Å²) in [5.41, 5.74) is -4.19. The van der Waals surface area contributed by atoms with Crippen LogP contribution in [0.3, 0.4) is 0 Å². The molecule has 1 aliphatic heterocycles. The van der Waals surface area contributed by atoms with Gasteiger partial charge < -0.3 is 19.7 Å². The zero-order chi connectivity index (χ0) is 31.9. The van der Waals surface area contributed by atoms with Crippen LogP contribution < -0.4 is 67.4 Å². The van der Waals surface area contributed by atoms with Gasteiger partial charge in [0, 0.05) is 30.4 Å². The third-order valence-corrected chi connectivity index (χ3v) is 3.46. The molecule has 0 aliphatic carbocycles. The molecule has 1 amide bonds. The second-order valence-electron chi connectivity index (χ2n) is 5.23. The molecule has 8 nitrogen and oxygen atoms in total. The first kappa shape index (κ1) is 9.40. The van der Waals surface area contributed by atoms with Crippen LogP contribution in [-0.4, -0.2) is 46.4 Å². The number of carbonyl (C=O) groups excluding carboxylic acids is 1. The van der Waals surface area contributed by atoms with Crippen molar-refractivity contribution in [3.8, 4) is 5.75 Å². The number of rotatable bonds is 6. The molecule has 142 valence electrons. The largest absolute Gasteiger partial charge is 1.00 e. The van der Waals surface area contributed by atoms with Crippen molar-refractivity contribution in [2.75, 3.05) is 26.1 Å². The number of nitrogens with zero attached hydrogens (tertiary/aromatic N) is 3. The summed E-state index contributed by atoms with van der Waals surface area (Å²) in [6.45, 7) is -10.8. The van der Waals surface area contributed by atoms with Gasteiger partial charge in [-0.15, -0.1) is 0 Å². The minimum atomic E-state index is -3.62. The zero-order valence-electron chi connectivity index (χ0n) is 29.6. The summed E-state index contributed by atoms with van der Waals surface area (Å²) in [6.07, 6.45) is -10.6. The smallest absolute Gasteiger partial charge is 0.870 e. The minimum Gasteiger partial charge on any atom is -0.870 e. The molecule has 1 unspecified atom stereocenters. The molecule has 3 rings (SSSR count). The van der Waals surface area contributed by atoms with E-state index >= 15 is 0 Å². The van der Waals surface area contributed by atoms with Crippen LogP contribution >= 0.6 is 0 Å². The second kappa shape index (κ2) is 10.2. The van der Waals surface area contributed by atoms with Crippen molar-refractivity contribution in [2.24, 2.45) is 0 Å². The molecule has 2 aromatic rings. The molecule has 1 atom stereocenters. The predicted molar refractivity (Wildman–Crippen MR) is 95.3 cm³/mol. The number of fused-ring (bicyclic) bond motifs is 1. The van der Waals surface area contributed by atoms with Crippen molar-refractivity contribution < 1.29 is 86.3 Å². The van der Waals surface area contributed by atoms with Crippen molar-refractivity contribution in [2.45, 2.75) is 45.3 Å². The Morgan fingerprint density at radius 1 is 1.56 bits per heavy atom. The summed E-state index contributed by atoms with van der Waals surface area (Å²) >= 11 is 0. The molecule has 1 fully saturated rings. The number of amides is 1. The van der Waals surface area contributed by atoms with Crippen LogP contribution in [0.25, 0.3) is 11.2 Å². The van der Waals surface area contributed by atoms with Gasteiger partial charge in [-0.3, -0.25) is 14.2 Å². The molecule has 27 heavy (non-hydrogen) atoms. The fraction of sp³-hybridized carbons (Fsp3) is 0.611. The summed E-state index contributed by atoms with van der Waals surface area (Å²) in [4.78, 5) is 29.9. The monoisotopic (exact) mass is 415 g/mol. The van der Waals surface area contributed by atoms with Gasteiger partial charge in [0.25, 0.3) is 11.5 Å². The van der Waals surface area contributed by atoms with E-state index in [4.69, 9.17) is 25.0 Å². The number of carbonyl (C=O) groups is 1. The number of hydrogen-bond donors (Lipinski definition) is 1. The van der Waals surface area contributed by atoms with Crippen LogP contribution in [0, 0.1) is 0 Å². The van der Waals surface area contributed by atoms with Crippen LogP contribution in [0.4, 0.5) is 0 Å². The van der Waals surface area contributed by atoms with Crippen LogP contribution in [-0.2, 0) is 0 Å². The van der Waals surface area contributed by atoms with Gasteiger partial charge in [0.2, 0.25) is 5.71 Å². The normalized spacial score (nSPS) is 35.2. The van der Waals surface area contributed by atoms with Gasteiger partial charge in [-0.1, -0.05) is 12.1 Å². The van der Waals surface area contributed by atoms with Gasteiger partial charge in [0.05, 0.1) is 6.93 Å². The quantitative estimate of drug-likeness (QED) is 0.562. The summed E-state index contributed by atoms with van der Waals surface area (Å²) in [6, 6.07) is -2.76. The fourth-order valence-electron chi connectivity index (χ4n) is 2.32. The number of pyridine rings is 1. The molecule has 1 N–H and O–H groups in total. The van der Waals surface area contributed by atoms with E-state index in [9.17, 15) is 14.7 Å². The average Bonchev–Trinajstić information content (AvgIpc) is 3.28. The topological polar surface area (TPSA) is 103 Å². The van der Waals surface area contributed by atoms with Gasteiger partial charge in [0.1, 0.15) is 5.52 Å². The molecular formula is C18H25KN4O4. The Morgan fingerprint density at radius 2 is 2.30 bits per heavy atom. The maximum Gasteiger partial charge on any atom is 1.00 e. The molecular weight excluding hydrogens is 375 g/mol. The Bertz CT molecular complexity index is 1390. The van der Waals surface area contributed by atoms with E-state index in [0.29, 0.717) is 6.39 Å². The minimum absolute atomic E-state index is 0. The summed E-state index contributed by atoms with van der Waals surface area (Å²) < 4.78 is 124. The zero-order valence-corrected chi connectivity index (χ0v) is 17.7. The van der Waals surface area contributed by atoms with E-state index in [1.807, 2.05) is 0 Å². The van der Waals surface area contributed by atoms with Crippen LogP contribution in [0.15, 0.2) is 15.6 Å². The first-order valence-corrected chi connectivity index (χ1v) is 7.51. The van der Waals surface area contributed by atoms with Gasteiger partial charge in [0.15, 0.2) is 7.81 Å². The first-order chi connectivity index (χ1) is 18.2. The van der Waals surface area contributed by atoms with Crippen molar-refractivity contribution in [3.05, 3.63) is 22.3 Å². The van der Waals surface area contributed by atoms with Crippen LogP contribution in [0.1, 0.15) is 74.9 Å². The number of piperidine rings is 1. The SMILES string of the molecule is [2H]N(CCCN1C([2H])([2H])C([2H])([2H])C([2H])([2H])C([2H])([2H])C1([2H])[2H])C(=O)c1c([O-])c2ncoc2n(C([2H])(C)C([2H])([2H])[2H])c1=O.[K+]. The standard InChI is InChI=1S/C18H26N4O4.K/c1-12(2)22-17(25)13(15(23)14-18(22)26-11-20-14)16(24)19-7-6-10-21-8-4-3-5-9-21;/h11-12,23H,3-10H2,1-2H3,(H,19,24);/q;+1/p-1/i1D3,3D2,4D2,5D2,8D2,9D2,12D;/hD. The van der Waals surface area contributed by atoms with Crippen molar-refractivity contribution in [3.63, 3.8) is 0 Å². The van der Waals surface area contributed by atoms with Gasteiger partial charge in [-0.2, -0.15) is 0 Å². The molecule has 0 saturated carbocycles. The van der Waals surface area contributed by atoms with E-state index in [1.165, 1.54) is 0 Å². The van der Waals surface area contributed by atoms with E-state index in [2.05, 4.69) is 4.98 Å². The average molecular weight is 416 g/mol. The molecule has 1 aliphatic rings. The Balaban J connectivity index is 0.00000616. The van der Waals surface area contributed by atoms with E-state index < -0.39 is 98.5 Å². The van der Waals surface area contributed by atoms with Crippen molar-refractivity contribution >= 4 is 17.1 Å². The fourth-order valence-corrected chi connectivity index (χ4v) is 2.32. The maximum atomic E-state index is 13.2. The predicted octanol–water partition coefficient (Wildman–Crippen LogP) is -1.75. The molecule has 3 heterocycles. The third-order valence-electron chi connectivity index (χ3n) is 3.46. The Morgan fingerprint density at radius 3 is 3.00 bits per heavy atom. The molecule has 1 saturated heterocycles. The van der Waals surface area contributed by atoms with Gasteiger partial charge in [-0.25, -0.2) is 4.98 Å². The van der Waals surface area contributed by atoms with E-state index in [0.717, 1.165) is 6.92 Å². The number of hydrogen-bond acceptors (Lipinski definition) is 6. The first-order valence-electron chi connectivity index (χ1n) is 15.0. The molecule has 0 radical (unpaired) electrons. The number of nitrogens with one attached hydrogen (secondary N) is 1. The molecule has 0 bridgehead atoms. The van der Waals surface area contributed by atoms with E-state index in [-0.39, 0.29) is 66.2 Å². The Labute approximate surface area is 221 Å². The Kier molecular flexibility index (Phi) is 3.54. The molecule has 0 spiro atoms. The van der Waals surface area contributed by atoms with Crippen molar-refractivity contribution in [1.29, 1.82) is 0 Å². The molecule has 9 heteroatoms. The van der Waals surface area contributed by atoms with E-state index in [1.54, 1.807) is 0 Å². The number of aromatic nitrogens is 2. The van der Waals surface area contributed by atoms with Crippen LogP contribution in [0.2, 0.25) is 1.41 Å². The van der Waals surface area contributed by atoms with Gasteiger partial charge >= 0.3 is 51.4 Å². The summed E-state index contributed by atoms with van der Waals surface area (Å²) in [7, 11) is 0. The summed E-state index contributed by atoms with van der Waals surface area (Å²) in [5, 5.41) is 12.9. The van der Waals surface area contributed by atoms with Gasteiger partial charge in [-0.05, 0) is 52.5 Å². The number of oxazole rings is 1. The molecule has 2 aromatic heterocycles. The maximum absolute atomic E-state index is 13.2. The number of likely N-dealkylation sites (tertiary alicyclic amines) is 1. The molecule has 0 aromatic carbocycles. The van der Waals surface area contributed by atoms with Crippen LogP contribution in [0.5, 0.6) is 5.75 Å². The third kappa shape index (κ3) is 5.02. The summed E-state index contributed by atoms with van der Waals surface area (Å²) in [5.74, 6) is -2.91. The Hall–Kier alpha value is -0.714.